The second-order valence-corrected chi connectivity index (χ2v) is 7.79. The Morgan fingerprint density at radius 3 is 2.17 bits per heavy atom. The van der Waals surface area contributed by atoms with Crippen LogP contribution in [-0.4, -0.2) is 4.57 Å². The SMILES string of the molecule is c1ccc(-n2c3ccc4ccccc4c3c3ccc4c5ccccc5oc4c32)cc1. The molecule has 0 saturated carbocycles. The number of aromatic nitrogens is 1. The lowest BCUT2D eigenvalue weighted by atomic mass is 10.0. The van der Waals surface area contributed by atoms with Crippen LogP contribution in [0.3, 0.4) is 0 Å². The van der Waals surface area contributed by atoms with Gasteiger partial charge in [0.2, 0.25) is 0 Å². The van der Waals surface area contributed by atoms with E-state index in [4.69, 9.17) is 4.42 Å². The molecular formula is C28H17NO. The van der Waals surface area contributed by atoms with Crippen LogP contribution in [-0.2, 0) is 0 Å². The summed E-state index contributed by atoms with van der Waals surface area (Å²) in [6.07, 6.45) is 0. The van der Waals surface area contributed by atoms with Gasteiger partial charge in [-0.3, -0.25) is 0 Å². The highest BCUT2D eigenvalue weighted by molar-refractivity contribution is 6.27. The number of benzene rings is 5. The number of rotatable bonds is 1. The van der Waals surface area contributed by atoms with E-state index < -0.39 is 0 Å². The van der Waals surface area contributed by atoms with Crippen LogP contribution < -0.4 is 0 Å². The molecule has 0 spiro atoms. The Morgan fingerprint density at radius 1 is 0.533 bits per heavy atom. The summed E-state index contributed by atoms with van der Waals surface area (Å²) in [4.78, 5) is 0. The number of furan rings is 1. The lowest BCUT2D eigenvalue weighted by molar-refractivity contribution is 0.671. The number of para-hydroxylation sites is 2. The minimum Gasteiger partial charge on any atom is -0.454 e. The van der Waals surface area contributed by atoms with Gasteiger partial charge in [-0.25, -0.2) is 0 Å². The predicted molar refractivity (Wildman–Crippen MR) is 126 cm³/mol. The van der Waals surface area contributed by atoms with Gasteiger partial charge >= 0.3 is 0 Å². The third kappa shape index (κ3) is 1.98. The second-order valence-electron chi connectivity index (χ2n) is 7.79. The molecule has 2 heterocycles. The fourth-order valence-electron chi connectivity index (χ4n) is 4.89. The average molecular weight is 383 g/mol. The number of fused-ring (bicyclic) bond motifs is 9. The highest BCUT2D eigenvalue weighted by Gasteiger charge is 2.19. The Kier molecular flexibility index (Phi) is 3.03. The Morgan fingerprint density at radius 2 is 1.27 bits per heavy atom. The zero-order valence-electron chi connectivity index (χ0n) is 16.2. The molecule has 2 heteroatoms. The lowest BCUT2D eigenvalue weighted by Gasteiger charge is -2.08. The zero-order chi connectivity index (χ0) is 19.7. The molecule has 0 radical (unpaired) electrons. The minimum atomic E-state index is 0.926. The maximum absolute atomic E-state index is 6.45. The lowest BCUT2D eigenvalue weighted by Crippen LogP contribution is -1.93. The normalized spacial score (nSPS) is 12.0. The van der Waals surface area contributed by atoms with Gasteiger partial charge < -0.3 is 8.98 Å². The first-order valence-corrected chi connectivity index (χ1v) is 10.2. The van der Waals surface area contributed by atoms with Crippen LogP contribution in [0.2, 0.25) is 0 Å². The third-order valence-corrected chi connectivity index (χ3v) is 6.18. The van der Waals surface area contributed by atoms with Crippen LogP contribution in [0.25, 0.3) is 60.2 Å². The molecule has 5 aromatic carbocycles. The van der Waals surface area contributed by atoms with Crippen LogP contribution in [0.1, 0.15) is 0 Å². The van der Waals surface area contributed by atoms with Gasteiger partial charge in [-0.05, 0) is 41.1 Å². The van der Waals surface area contributed by atoms with Crippen molar-refractivity contribution in [2.75, 3.05) is 0 Å². The molecule has 7 aromatic rings. The zero-order valence-corrected chi connectivity index (χ0v) is 16.2. The van der Waals surface area contributed by atoms with Crippen molar-refractivity contribution in [3.63, 3.8) is 0 Å². The van der Waals surface area contributed by atoms with E-state index in [9.17, 15) is 0 Å². The summed E-state index contributed by atoms with van der Waals surface area (Å²) in [7, 11) is 0. The van der Waals surface area contributed by atoms with Gasteiger partial charge in [0, 0.05) is 27.2 Å². The van der Waals surface area contributed by atoms with Gasteiger partial charge in [-0.2, -0.15) is 0 Å². The molecule has 0 aliphatic carbocycles. The quantitative estimate of drug-likeness (QED) is 0.282. The van der Waals surface area contributed by atoms with Crippen LogP contribution in [0, 0.1) is 0 Å². The van der Waals surface area contributed by atoms with Gasteiger partial charge in [0.05, 0.1) is 11.0 Å². The summed E-state index contributed by atoms with van der Waals surface area (Å²) in [5, 5.41) is 7.32. The topological polar surface area (TPSA) is 18.1 Å². The van der Waals surface area contributed by atoms with Crippen molar-refractivity contribution >= 4 is 54.5 Å². The molecule has 2 nitrogen and oxygen atoms in total. The number of hydrogen-bond acceptors (Lipinski definition) is 1. The fraction of sp³-hybridized carbons (Fsp3) is 0. The molecule has 140 valence electrons. The Balaban J connectivity index is 1.81. The van der Waals surface area contributed by atoms with Gasteiger partial charge in [0.25, 0.3) is 0 Å². The highest BCUT2D eigenvalue weighted by atomic mass is 16.3. The van der Waals surface area contributed by atoms with Crippen LogP contribution in [0.5, 0.6) is 0 Å². The van der Waals surface area contributed by atoms with E-state index in [1.807, 2.05) is 12.1 Å². The predicted octanol–water partition coefficient (Wildman–Crippen LogP) is 7.84. The molecule has 0 fully saturated rings. The Hall–Kier alpha value is -4.04. The van der Waals surface area contributed by atoms with Crippen LogP contribution in [0.15, 0.2) is 108 Å². The molecule has 7 rings (SSSR count). The molecule has 0 amide bonds. The fourth-order valence-corrected chi connectivity index (χ4v) is 4.89. The van der Waals surface area contributed by atoms with E-state index in [1.165, 1.54) is 27.1 Å². The van der Waals surface area contributed by atoms with E-state index in [1.54, 1.807) is 0 Å². The van der Waals surface area contributed by atoms with Gasteiger partial charge in [-0.1, -0.05) is 72.8 Å². The molecule has 2 aromatic heterocycles. The van der Waals surface area contributed by atoms with Crippen LogP contribution >= 0.6 is 0 Å². The van der Waals surface area contributed by atoms with E-state index >= 15 is 0 Å². The van der Waals surface area contributed by atoms with Crippen molar-refractivity contribution in [2.45, 2.75) is 0 Å². The molecule has 0 unspecified atom stereocenters. The minimum absolute atomic E-state index is 0.926. The van der Waals surface area contributed by atoms with Crippen molar-refractivity contribution in [3.05, 3.63) is 103 Å². The summed E-state index contributed by atoms with van der Waals surface area (Å²) < 4.78 is 8.80. The van der Waals surface area contributed by atoms with Crippen molar-refractivity contribution in [2.24, 2.45) is 0 Å². The second kappa shape index (κ2) is 5.74. The van der Waals surface area contributed by atoms with E-state index in [0.717, 1.165) is 33.1 Å². The van der Waals surface area contributed by atoms with Crippen LogP contribution in [0.4, 0.5) is 0 Å². The molecule has 0 saturated heterocycles. The maximum Gasteiger partial charge on any atom is 0.160 e. The monoisotopic (exact) mass is 383 g/mol. The standard InChI is InChI=1S/C28H17NO/c1-2-9-19(10-3-1)29-24-17-14-18-8-4-5-11-20(18)26(24)23-16-15-22-21-12-6-7-13-25(21)30-28(22)27(23)29/h1-17H. The van der Waals surface area contributed by atoms with Gasteiger partial charge in [0.1, 0.15) is 5.58 Å². The Bertz CT molecular complexity index is 1740. The third-order valence-electron chi connectivity index (χ3n) is 6.18. The summed E-state index contributed by atoms with van der Waals surface area (Å²) in [6.45, 7) is 0. The molecular weight excluding hydrogens is 366 g/mol. The number of hydrogen-bond donors (Lipinski definition) is 0. The summed E-state index contributed by atoms with van der Waals surface area (Å²) in [5.41, 5.74) is 5.33. The van der Waals surface area contributed by atoms with Crippen molar-refractivity contribution in [3.8, 4) is 5.69 Å². The van der Waals surface area contributed by atoms with Crippen molar-refractivity contribution in [1.29, 1.82) is 0 Å². The van der Waals surface area contributed by atoms with E-state index in [2.05, 4.69) is 95.6 Å². The molecule has 0 atom stereocenters. The summed E-state index contributed by atoms with van der Waals surface area (Å²) in [5.74, 6) is 0. The first-order chi connectivity index (χ1) is 14.9. The molecule has 30 heavy (non-hydrogen) atoms. The van der Waals surface area contributed by atoms with E-state index in [0.29, 0.717) is 0 Å². The highest BCUT2D eigenvalue weighted by Crippen LogP contribution is 2.42. The smallest absolute Gasteiger partial charge is 0.160 e. The molecule has 0 bridgehead atoms. The van der Waals surface area contributed by atoms with E-state index in [-0.39, 0.29) is 0 Å². The van der Waals surface area contributed by atoms with Crippen molar-refractivity contribution in [1.82, 2.24) is 4.57 Å². The maximum atomic E-state index is 6.45. The molecule has 0 N–H and O–H groups in total. The molecule has 0 aliphatic heterocycles. The van der Waals surface area contributed by atoms with Gasteiger partial charge in [0.15, 0.2) is 5.58 Å². The Labute approximate surface area is 172 Å². The first-order valence-electron chi connectivity index (χ1n) is 10.2. The average Bonchev–Trinajstić information content (AvgIpc) is 3.35. The largest absolute Gasteiger partial charge is 0.454 e. The number of nitrogens with zero attached hydrogens (tertiary/aromatic N) is 1. The summed E-state index contributed by atoms with van der Waals surface area (Å²) >= 11 is 0. The summed E-state index contributed by atoms with van der Waals surface area (Å²) in [6, 6.07) is 36.4. The van der Waals surface area contributed by atoms with Crippen molar-refractivity contribution < 1.29 is 4.42 Å². The van der Waals surface area contributed by atoms with Gasteiger partial charge in [-0.15, -0.1) is 0 Å². The molecule has 0 aliphatic rings. The first kappa shape index (κ1) is 15.8.